The van der Waals surface area contributed by atoms with Crippen molar-refractivity contribution in [3.8, 4) is 0 Å². The second-order valence-electron chi connectivity index (χ2n) is 4.73. The van der Waals surface area contributed by atoms with E-state index in [4.69, 9.17) is 4.74 Å². The van der Waals surface area contributed by atoms with Crippen molar-refractivity contribution in [1.29, 1.82) is 0 Å². The number of carbonyl (C=O) groups is 1. The number of rotatable bonds is 3. The second-order valence-corrected chi connectivity index (χ2v) is 4.73. The van der Waals surface area contributed by atoms with Gasteiger partial charge in [-0.05, 0) is 19.3 Å². The van der Waals surface area contributed by atoms with Gasteiger partial charge in [0.05, 0.1) is 18.7 Å². The molecule has 0 aromatic carbocycles. The first kappa shape index (κ1) is 12.7. The third-order valence-corrected chi connectivity index (χ3v) is 3.20. The van der Waals surface area contributed by atoms with E-state index in [9.17, 15) is 13.6 Å². The molecule has 98 valence electrons. The summed E-state index contributed by atoms with van der Waals surface area (Å²) < 4.78 is 31.2. The maximum Gasteiger partial charge on any atom is 0.262 e. The summed E-state index contributed by atoms with van der Waals surface area (Å²) >= 11 is 0. The van der Waals surface area contributed by atoms with Crippen molar-refractivity contribution >= 4 is 5.91 Å². The van der Waals surface area contributed by atoms with Crippen molar-refractivity contribution in [3.05, 3.63) is 0 Å². The number of nitrogens with one attached hydrogen (secondary N) is 2. The van der Waals surface area contributed by atoms with Gasteiger partial charge < -0.3 is 10.1 Å². The van der Waals surface area contributed by atoms with Gasteiger partial charge in [-0.2, -0.15) is 0 Å². The van der Waals surface area contributed by atoms with E-state index >= 15 is 0 Å². The number of alkyl halides is 2. The highest BCUT2D eigenvalue weighted by molar-refractivity contribution is 5.82. The number of hydrogen-bond donors (Lipinski definition) is 2. The molecule has 1 amide bonds. The van der Waals surface area contributed by atoms with Crippen molar-refractivity contribution in [2.45, 2.75) is 43.8 Å². The maximum absolute atomic E-state index is 12.9. The van der Waals surface area contributed by atoms with Crippen LogP contribution in [0.15, 0.2) is 0 Å². The van der Waals surface area contributed by atoms with Crippen LogP contribution in [0.1, 0.15) is 25.7 Å². The molecule has 0 aromatic heterocycles. The first-order valence-corrected chi connectivity index (χ1v) is 6.07. The quantitative estimate of drug-likeness (QED) is 0.772. The number of halogens is 2. The van der Waals surface area contributed by atoms with Crippen LogP contribution in [0.4, 0.5) is 8.78 Å². The molecule has 0 saturated carbocycles. The normalized spacial score (nSPS) is 32.4. The highest BCUT2D eigenvalue weighted by atomic mass is 19.3. The maximum atomic E-state index is 12.9. The average molecular weight is 248 g/mol. The van der Waals surface area contributed by atoms with Gasteiger partial charge in [0, 0.05) is 19.6 Å². The average Bonchev–Trinajstić information content (AvgIpc) is 2.68. The predicted octanol–water partition coefficient (Wildman–Crippen LogP) is 0.669. The van der Waals surface area contributed by atoms with Gasteiger partial charge in [0.25, 0.3) is 5.92 Å². The van der Waals surface area contributed by atoms with E-state index in [1.807, 2.05) is 0 Å². The van der Waals surface area contributed by atoms with Gasteiger partial charge in [0.1, 0.15) is 0 Å². The molecule has 0 spiro atoms. The van der Waals surface area contributed by atoms with Gasteiger partial charge in [0.15, 0.2) is 0 Å². The van der Waals surface area contributed by atoms with E-state index in [0.29, 0.717) is 6.54 Å². The summed E-state index contributed by atoms with van der Waals surface area (Å²) in [5, 5.41) is 5.20. The molecular weight excluding hydrogens is 230 g/mol. The fourth-order valence-corrected chi connectivity index (χ4v) is 2.21. The first-order chi connectivity index (χ1) is 8.07. The summed E-state index contributed by atoms with van der Waals surface area (Å²) in [4.78, 5) is 11.6. The number of hydrogen-bond acceptors (Lipinski definition) is 3. The van der Waals surface area contributed by atoms with Crippen LogP contribution in [0.2, 0.25) is 0 Å². The summed E-state index contributed by atoms with van der Waals surface area (Å²) in [6, 6.07) is -0.770. The lowest BCUT2D eigenvalue weighted by Gasteiger charge is -2.23. The zero-order valence-corrected chi connectivity index (χ0v) is 9.68. The fraction of sp³-hybridized carbons (Fsp3) is 0.909. The van der Waals surface area contributed by atoms with E-state index in [-0.39, 0.29) is 12.0 Å². The van der Waals surface area contributed by atoms with Crippen molar-refractivity contribution in [1.82, 2.24) is 10.6 Å². The van der Waals surface area contributed by atoms with Crippen LogP contribution in [0.25, 0.3) is 0 Å². The van der Waals surface area contributed by atoms with Crippen molar-refractivity contribution in [2.24, 2.45) is 0 Å². The lowest BCUT2D eigenvalue weighted by Crippen LogP contribution is -2.44. The Balaban J connectivity index is 1.70. The van der Waals surface area contributed by atoms with Crippen LogP contribution in [0.3, 0.4) is 0 Å². The van der Waals surface area contributed by atoms with Crippen molar-refractivity contribution in [3.63, 3.8) is 0 Å². The first-order valence-electron chi connectivity index (χ1n) is 6.07. The van der Waals surface area contributed by atoms with Crippen LogP contribution < -0.4 is 10.6 Å². The number of carbonyl (C=O) groups excluding carboxylic acids is 1. The van der Waals surface area contributed by atoms with Crippen LogP contribution in [0, 0.1) is 0 Å². The Hall–Kier alpha value is -0.750. The van der Waals surface area contributed by atoms with Crippen molar-refractivity contribution in [2.75, 3.05) is 19.7 Å². The highest BCUT2D eigenvalue weighted by Crippen LogP contribution is 2.25. The van der Waals surface area contributed by atoms with Gasteiger partial charge in [-0.15, -0.1) is 0 Å². The fourth-order valence-electron chi connectivity index (χ4n) is 2.21. The Kier molecular flexibility index (Phi) is 3.93. The predicted molar refractivity (Wildman–Crippen MR) is 58.0 cm³/mol. The highest BCUT2D eigenvalue weighted by Gasteiger charge is 2.42. The van der Waals surface area contributed by atoms with E-state index < -0.39 is 24.9 Å². The Morgan fingerprint density at radius 1 is 1.47 bits per heavy atom. The van der Waals surface area contributed by atoms with Gasteiger partial charge in [-0.3, -0.25) is 10.1 Å². The van der Waals surface area contributed by atoms with E-state index in [0.717, 1.165) is 25.9 Å². The van der Waals surface area contributed by atoms with Gasteiger partial charge in [0.2, 0.25) is 5.91 Å². The zero-order chi connectivity index (χ0) is 12.3. The molecule has 0 aromatic rings. The largest absolute Gasteiger partial charge is 0.376 e. The summed E-state index contributed by atoms with van der Waals surface area (Å²) in [6.07, 6.45) is 2.70. The van der Waals surface area contributed by atoms with Crippen LogP contribution in [-0.2, 0) is 9.53 Å². The number of ether oxygens (including phenoxy) is 1. The molecule has 6 heteroatoms. The molecule has 2 unspecified atom stereocenters. The Bertz CT molecular complexity index is 281. The Morgan fingerprint density at radius 3 is 2.88 bits per heavy atom. The van der Waals surface area contributed by atoms with Crippen LogP contribution in [0.5, 0.6) is 0 Å². The molecule has 4 nitrogen and oxygen atoms in total. The summed E-state index contributed by atoms with van der Waals surface area (Å²) in [7, 11) is 0. The molecule has 0 bridgehead atoms. The SMILES string of the molecule is O=C(NCC1CCCCO1)C1CC(F)(F)CN1. The molecule has 2 N–H and O–H groups in total. The molecule has 0 radical (unpaired) electrons. The van der Waals surface area contributed by atoms with Crippen molar-refractivity contribution < 1.29 is 18.3 Å². The molecule has 2 aliphatic rings. The smallest absolute Gasteiger partial charge is 0.262 e. The number of amides is 1. The van der Waals surface area contributed by atoms with Gasteiger partial charge >= 0.3 is 0 Å². The molecule has 0 aliphatic carbocycles. The monoisotopic (exact) mass is 248 g/mol. The molecular formula is C11H18F2N2O2. The molecule has 2 atom stereocenters. The van der Waals surface area contributed by atoms with E-state index in [1.165, 1.54) is 0 Å². The second kappa shape index (κ2) is 5.27. The van der Waals surface area contributed by atoms with E-state index in [1.54, 1.807) is 0 Å². The van der Waals surface area contributed by atoms with Crippen LogP contribution in [-0.4, -0.2) is 43.7 Å². The minimum atomic E-state index is -2.76. The van der Waals surface area contributed by atoms with Gasteiger partial charge in [-0.25, -0.2) is 8.78 Å². The summed E-state index contributed by atoms with van der Waals surface area (Å²) in [5.41, 5.74) is 0. The van der Waals surface area contributed by atoms with E-state index in [2.05, 4.69) is 10.6 Å². The minimum absolute atomic E-state index is 0.0367. The van der Waals surface area contributed by atoms with Crippen LogP contribution >= 0.6 is 0 Å². The zero-order valence-electron chi connectivity index (χ0n) is 9.68. The minimum Gasteiger partial charge on any atom is -0.376 e. The summed E-state index contributed by atoms with van der Waals surface area (Å²) in [6.45, 7) is 0.730. The lowest BCUT2D eigenvalue weighted by molar-refractivity contribution is -0.124. The molecule has 2 rings (SSSR count). The topological polar surface area (TPSA) is 50.4 Å². The Morgan fingerprint density at radius 2 is 2.29 bits per heavy atom. The molecule has 2 saturated heterocycles. The molecule has 2 heterocycles. The summed E-state index contributed by atoms with van der Waals surface area (Å²) in [5.74, 6) is -3.11. The molecule has 17 heavy (non-hydrogen) atoms. The molecule has 2 aliphatic heterocycles. The third kappa shape index (κ3) is 3.61. The van der Waals surface area contributed by atoms with Gasteiger partial charge in [-0.1, -0.05) is 0 Å². The Labute approximate surface area is 99.1 Å². The third-order valence-electron chi connectivity index (χ3n) is 3.20. The molecule has 2 fully saturated rings. The standard InChI is InChI=1S/C11H18F2N2O2/c12-11(13)5-9(15-7-11)10(16)14-6-8-3-1-2-4-17-8/h8-9,15H,1-7H2,(H,14,16). The lowest BCUT2D eigenvalue weighted by atomic mass is 10.1.